The Morgan fingerprint density at radius 2 is 2.18 bits per heavy atom. The van der Waals surface area contributed by atoms with E-state index in [1.807, 2.05) is 32.0 Å². The van der Waals surface area contributed by atoms with Crippen LogP contribution in [0.1, 0.15) is 18.1 Å². The van der Waals surface area contributed by atoms with Gasteiger partial charge in [0.05, 0.1) is 18.2 Å². The van der Waals surface area contributed by atoms with Gasteiger partial charge in [-0.1, -0.05) is 18.7 Å². The Balaban J connectivity index is 2.56. The summed E-state index contributed by atoms with van der Waals surface area (Å²) in [6, 6.07) is 5.99. The van der Waals surface area contributed by atoms with Gasteiger partial charge in [-0.25, -0.2) is 0 Å². The molecule has 0 radical (unpaired) electrons. The van der Waals surface area contributed by atoms with Crippen molar-refractivity contribution in [3.63, 3.8) is 0 Å². The lowest BCUT2D eigenvalue weighted by Crippen LogP contribution is -2.41. The first kappa shape index (κ1) is 11.9. The molecule has 0 saturated heterocycles. The zero-order valence-electron chi connectivity index (χ0n) is 10.2. The minimum Gasteiger partial charge on any atom is -0.395 e. The normalized spacial score (nSPS) is 19.5. The molecular weight excluding hydrogens is 214 g/mol. The standard InChI is InChI=1S/C14H17NO2/c1-9-4-5-12-10(2)11(3)14(17)15(6-7-16)13(12)8-9/h4-5,8,11,16H,2,6-7H2,1,3H3/t11-/m1/s1. The molecule has 1 aromatic carbocycles. The van der Waals surface area contributed by atoms with Gasteiger partial charge in [0.15, 0.2) is 0 Å². The number of benzene rings is 1. The van der Waals surface area contributed by atoms with Crippen molar-refractivity contribution in [2.75, 3.05) is 18.1 Å². The van der Waals surface area contributed by atoms with E-state index in [9.17, 15) is 4.79 Å². The molecule has 1 aliphatic heterocycles. The van der Waals surface area contributed by atoms with Gasteiger partial charge in [0.1, 0.15) is 0 Å². The highest BCUT2D eigenvalue weighted by Gasteiger charge is 2.32. The van der Waals surface area contributed by atoms with Crippen molar-refractivity contribution >= 4 is 17.2 Å². The van der Waals surface area contributed by atoms with E-state index in [4.69, 9.17) is 5.11 Å². The zero-order chi connectivity index (χ0) is 12.6. The van der Waals surface area contributed by atoms with Crippen LogP contribution in [0, 0.1) is 12.8 Å². The molecule has 0 fully saturated rings. The van der Waals surface area contributed by atoms with Crippen LogP contribution in [0.5, 0.6) is 0 Å². The minimum absolute atomic E-state index is 0.0159. The summed E-state index contributed by atoms with van der Waals surface area (Å²) in [5.74, 6) is -0.195. The summed E-state index contributed by atoms with van der Waals surface area (Å²) in [5.41, 5.74) is 3.84. The fourth-order valence-electron chi connectivity index (χ4n) is 2.20. The number of rotatable bonds is 2. The summed E-state index contributed by atoms with van der Waals surface area (Å²) >= 11 is 0. The molecule has 3 heteroatoms. The quantitative estimate of drug-likeness (QED) is 0.845. The summed E-state index contributed by atoms with van der Waals surface area (Å²) in [7, 11) is 0. The van der Waals surface area contributed by atoms with Crippen LogP contribution in [0.2, 0.25) is 0 Å². The highest BCUT2D eigenvalue weighted by Crippen LogP contribution is 2.37. The largest absolute Gasteiger partial charge is 0.395 e. The molecule has 0 saturated carbocycles. The van der Waals surface area contributed by atoms with Crippen LogP contribution in [-0.2, 0) is 4.79 Å². The SMILES string of the molecule is C=C1c2ccc(C)cc2N(CCO)C(=O)[C@@H]1C. The third kappa shape index (κ3) is 1.87. The summed E-state index contributed by atoms with van der Waals surface area (Å²) in [4.78, 5) is 13.8. The Kier molecular flexibility index (Phi) is 3.03. The molecular formula is C14H17NO2. The average Bonchev–Trinajstić information content (AvgIpc) is 2.32. The molecule has 2 rings (SSSR count). The van der Waals surface area contributed by atoms with Gasteiger partial charge < -0.3 is 10.0 Å². The topological polar surface area (TPSA) is 40.5 Å². The van der Waals surface area contributed by atoms with E-state index < -0.39 is 0 Å². The first-order valence-corrected chi connectivity index (χ1v) is 5.78. The van der Waals surface area contributed by atoms with Crippen LogP contribution in [0.25, 0.3) is 5.57 Å². The lowest BCUT2D eigenvalue weighted by atomic mass is 9.88. The number of hydrogen-bond acceptors (Lipinski definition) is 2. The van der Waals surface area contributed by atoms with Crippen LogP contribution >= 0.6 is 0 Å². The first-order valence-electron chi connectivity index (χ1n) is 5.78. The van der Waals surface area contributed by atoms with Crippen LogP contribution in [0.3, 0.4) is 0 Å². The highest BCUT2D eigenvalue weighted by molar-refractivity contribution is 6.08. The molecule has 0 spiro atoms. The van der Waals surface area contributed by atoms with Gasteiger partial charge in [0, 0.05) is 12.1 Å². The van der Waals surface area contributed by atoms with E-state index >= 15 is 0 Å². The van der Waals surface area contributed by atoms with Crippen molar-refractivity contribution < 1.29 is 9.90 Å². The van der Waals surface area contributed by atoms with Gasteiger partial charge in [-0.3, -0.25) is 4.79 Å². The molecule has 0 aromatic heterocycles. The third-order valence-corrected chi connectivity index (χ3v) is 3.27. The Morgan fingerprint density at radius 3 is 2.82 bits per heavy atom. The number of aliphatic hydroxyl groups is 1. The molecule has 1 aliphatic rings. The van der Waals surface area contributed by atoms with E-state index in [1.165, 1.54) is 0 Å². The van der Waals surface area contributed by atoms with Crippen molar-refractivity contribution in [3.8, 4) is 0 Å². The summed E-state index contributed by atoms with van der Waals surface area (Å²) in [5, 5.41) is 9.07. The number of carbonyl (C=O) groups is 1. The molecule has 1 N–H and O–H groups in total. The molecule has 0 bridgehead atoms. The Hall–Kier alpha value is -1.61. The van der Waals surface area contributed by atoms with Gasteiger partial charge in [-0.15, -0.1) is 0 Å². The number of hydrogen-bond donors (Lipinski definition) is 1. The van der Waals surface area contributed by atoms with Crippen molar-refractivity contribution in [2.45, 2.75) is 13.8 Å². The van der Waals surface area contributed by atoms with Crippen LogP contribution in [0.15, 0.2) is 24.8 Å². The number of nitrogens with zero attached hydrogens (tertiary/aromatic N) is 1. The lowest BCUT2D eigenvalue weighted by molar-refractivity contribution is -0.120. The maximum Gasteiger partial charge on any atom is 0.234 e. The van der Waals surface area contributed by atoms with Crippen molar-refractivity contribution in [1.82, 2.24) is 0 Å². The fourth-order valence-corrected chi connectivity index (χ4v) is 2.20. The van der Waals surface area contributed by atoms with E-state index in [0.717, 1.165) is 22.4 Å². The molecule has 1 atom stereocenters. The van der Waals surface area contributed by atoms with Gasteiger partial charge in [-0.2, -0.15) is 0 Å². The number of anilines is 1. The van der Waals surface area contributed by atoms with Crippen molar-refractivity contribution in [2.24, 2.45) is 5.92 Å². The lowest BCUT2D eigenvalue weighted by Gasteiger charge is -2.34. The Bertz CT molecular complexity index is 479. The second kappa shape index (κ2) is 4.34. The molecule has 1 heterocycles. The van der Waals surface area contributed by atoms with E-state index in [2.05, 4.69) is 6.58 Å². The predicted molar refractivity (Wildman–Crippen MR) is 68.8 cm³/mol. The Labute approximate surface area is 101 Å². The summed E-state index contributed by atoms with van der Waals surface area (Å²) in [6.07, 6.45) is 0. The molecule has 0 unspecified atom stereocenters. The van der Waals surface area contributed by atoms with Crippen LogP contribution in [0.4, 0.5) is 5.69 Å². The molecule has 1 aromatic rings. The van der Waals surface area contributed by atoms with Crippen molar-refractivity contribution in [3.05, 3.63) is 35.9 Å². The third-order valence-electron chi connectivity index (χ3n) is 3.27. The van der Waals surface area contributed by atoms with E-state index in [1.54, 1.807) is 4.90 Å². The molecule has 0 aliphatic carbocycles. The molecule has 17 heavy (non-hydrogen) atoms. The van der Waals surface area contributed by atoms with Crippen LogP contribution in [-0.4, -0.2) is 24.2 Å². The predicted octanol–water partition coefficient (Wildman–Crippen LogP) is 1.98. The number of aryl methyl sites for hydroxylation is 1. The fraction of sp³-hybridized carbons (Fsp3) is 0.357. The van der Waals surface area contributed by atoms with Gasteiger partial charge in [0.25, 0.3) is 0 Å². The van der Waals surface area contributed by atoms with E-state index in [-0.39, 0.29) is 18.4 Å². The highest BCUT2D eigenvalue weighted by atomic mass is 16.3. The number of carbonyl (C=O) groups excluding carboxylic acids is 1. The number of aliphatic hydroxyl groups excluding tert-OH is 1. The summed E-state index contributed by atoms with van der Waals surface area (Å²) < 4.78 is 0. The molecule has 1 amide bonds. The van der Waals surface area contributed by atoms with Crippen molar-refractivity contribution in [1.29, 1.82) is 0 Å². The van der Waals surface area contributed by atoms with Gasteiger partial charge in [0.2, 0.25) is 5.91 Å². The Morgan fingerprint density at radius 1 is 1.47 bits per heavy atom. The number of β-amino-alcohol motifs (C(OH)–C–C–N with tert-alkyl or cyclic N) is 1. The van der Waals surface area contributed by atoms with Gasteiger partial charge >= 0.3 is 0 Å². The first-order chi connectivity index (χ1) is 8.06. The maximum atomic E-state index is 12.2. The van der Waals surface area contributed by atoms with Crippen LogP contribution < -0.4 is 4.90 Å². The minimum atomic E-state index is -0.211. The monoisotopic (exact) mass is 231 g/mol. The average molecular weight is 231 g/mol. The van der Waals surface area contributed by atoms with E-state index in [0.29, 0.717) is 6.54 Å². The number of fused-ring (bicyclic) bond motifs is 1. The molecule has 3 nitrogen and oxygen atoms in total. The smallest absolute Gasteiger partial charge is 0.234 e. The second-order valence-corrected chi connectivity index (χ2v) is 4.48. The number of amides is 1. The van der Waals surface area contributed by atoms with Gasteiger partial charge in [-0.05, 0) is 31.1 Å². The molecule has 90 valence electrons. The zero-order valence-corrected chi connectivity index (χ0v) is 10.2. The second-order valence-electron chi connectivity index (χ2n) is 4.48. The maximum absolute atomic E-state index is 12.2. The summed E-state index contributed by atoms with van der Waals surface area (Å²) in [6.45, 7) is 8.16.